The molecule has 2 aliphatic heterocycles. The minimum absolute atomic E-state index is 0.0825. The van der Waals surface area contributed by atoms with E-state index in [1.165, 1.54) is 9.80 Å². The lowest BCUT2D eigenvalue weighted by atomic mass is 10.00. The van der Waals surface area contributed by atoms with E-state index in [9.17, 15) is 19.5 Å². The maximum absolute atomic E-state index is 12.6. The molecule has 6 heteroatoms. The molecule has 1 aromatic rings. The van der Waals surface area contributed by atoms with Crippen molar-refractivity contribution in [1.29, 1.82) is 0 Å². The summed E-state index contributed by atoms with van der Waals surface area (Å²) in [5, 5.41) is 9.30. The van der Waals surface area contributed by atoms with Crippen LogP contribution in [0.1, 0.15) is 31.2 Å². The Kier molecular flexibility index (Phi) is 4.32. The zero-order valence-electron chi connectivity index (χ0n) is 12.9. The summed E-state index contributed by atoms with van der Waals surface area (Å²) in [6.45, 7) is 0.360. The van der Waals surface area contributed by atoms with Gasteiger partial charge in [-0.05, 0) is 37.3 Å². The molecule has 2 amide bonds. The Hall–Kier alpha value is -2.37. The summed E-state index contributed by atoms with van der Waals surface area (Å²) in [5.74, 6) is -1.34. The normalized spacial score (nSPS) is 21.0. The topological polar surface area (TPSA) is 77.9 Å². The van der Waals surface area contributed by atoms with Crippen molar-refractivity contribution in [2.75, 3.05) is 18.0 Å². The van der Waals surface area contributed by atoms with E-state index in [-0.39, 0.29) is 18.4 Å². The molecule has 0 spiro atoms. The van der Waals surface area contributed by atoms with Crippen molar-refractivity contribution in [2.24, 2.45) is 0 Å². The molecular formula is C17H20N2O4. The van der Waals surface area contributed by atoms with E-state index in [0.717, 1.165) is 24.1 Å². The zero-order chi connectivity index (χ0) is 16.4. The first kappa shape index (κ1) is 15.5. The standard InChI is InChI=1S/C17H20N2O4/c20-15-9-8-12-5-1-2-6-13(12)19(15)11-16(21)18-10-4-3-7-14(18)17(22)23/h1-2,5-6,14H,3-4,7-11H2,(H,22,23). The van der Waals surface area contributed by atoms with Gasteiger partial charge in [-0.15, -0.1) is 0 Å². The molecule has 0 radical (unpaired) electrons. The molecule has 1 fully saturated rings. The van der Waals surface area contributed by atoms with Crippen LogP contribution in [0.3, 0.4) is 0 Å². The Morgan fingerprint density at radius 1 is 1.17 bits per heavy atom. The number of hydrogen-bond donors (Lipinski definition) is 1. The van der Waals surface area contributed by atoms with Gasteiger partial charge in [0.2, 0.25) is 11.8 Å². The van der Waals surface area contributed by atoms with Gasteiger partial charge in [0.25, 0.3) is 0 Å². The first-order valence-corrected chi connectivity index (χ1v) is 7.98. The Morgan fingerprint density at radius 2 is 1.96 bits per heavy atom. The number of anilines is 1. The number of carbonyl (C=O) groups is 3. The van der Waals surface area contributed by atoms with Crippen LogP contribution in [-0.4, -0.2) is 46.9 Å². The number of fused-ring (bicyclic) bond motifs is 1. The summed E-state index contributed by atoms with van der Waals surface area (Å²) in [4.78, 5) is 39.1. The van der Waals surface area contributed by atoms with E-state index in [4.69, 9.17) is 0 Å². The van der Waals surface area contributed by atoms with Gasteiger partial charge in [0.1, 0.15) is 12.6 Å². The van der Waals surface area contributed by atoms with Crippen molar-refractivity contribution >= 4 is 23.5 Å². The van der Waals surface area contributed by atoms with Crippen molar-refractivity contribution in [3.8, 4) is 0 Å². The van der Waals surface area contributed by atoms with Crippen LogP contribution in [0.4, 0.5) is 5.69 Å². The number of amides is 2. The average Bonchev–Trinajstić information content (AvgIpc) is 2.57. The maximum Gasteiger partial charge on any atom is 0.326 e. The Bertz CT molecular complexity index is 643. The molecule has 1 unspecified atom stereocenters. The molecule has 0 bridgehead atoms. The van der Waals surface area contributed by atoms with Gasteiger partial charge >= 0.3 is 5.97 Å². The van der Waals surface area contributed by atoms with E-state index in [0.29, 0.717) is 25.8 Å². The smallest absolute Gasteiger partial charge is 0.326 e. The fourth-order valence-electron chi connectivity index (χ4n) is 3.38. The lowest BCUT2D eigenvalue weighted by Crippen LogP contribution is -2.52. The number of likely N-dealkylation sites (tertiary alicyclic amines) is 1. The number of carboxylic acids is 1. The Balaban J connectivity index is 1.79. The van der Waals surface area contributed by atoms with Crippen LogP contribution in [0.5, 0.6) is 0 Å². The van der Waals surface area contributed by atoms with Crippen molar-refractivity contribution in [3.63, 3.8) is 0 Å². The fraction of sp³-hybridized carbons (Fsp3) is 0.471. The van der Waals surface area contributed by atoms with Gasteiger partial charge in [-0.25, -0.2) is 4.79 Å². The molecule has 1 aromatic carbocycles. The quantitative estimate of drug-likeness (QED) is 0.915. The maximum atomic E-state index is 12.6. The number of nitrogens with zero attached hydrogens (tertiary/aromatic N) is 2. The second kappa shape index (κ2) is 6.40. The third-order valence-electron chi connectivity index (χ3n) is 4.59. The van der Waals surface area contributed by atoms with Crippen LogP contribution in [0, 0.1) is 0 Å². The third-order valence-corrected chi connectivity index (χ3v) is 4.59. The highest BCUT2D eigenvalue weighted by atomic mass is 16.4. The lowest BCUT2D eigenvalue weighted by molar-refractivity contribution is -0.151. The Labute approximate surface area is 134 Å². The minimum atomic E-state index is -0.969. The minimum Gasteiger partial charge on any atom is -0.480 e. The number of aliphatic carboxylic acids is 1. The zero-order valence-corrected chi connectivity index (χ0v) is 12.9. The molecule has 1 N–H and O–H groups in total. The lowest BCUT2D eigenvalue weighted by Gasteiger charge is -2.36. The number of piperidine rings is 1. The first-order chi connectivity index (χ1) is 11.1. The van der Waals surface area contributed by atoms with Crippen LogP contribution in [-0.2, 0) is 20.8 Å². The van der Waals surface area contributed by atoms with Crippen LogP contribution in [0.2, 0.25) is 0 Å². The molecule has 2 aliphatic rings. The molecule has 1 atom stereocenters. The van der Waals surface area contributed by atoms with Crippen molar-refractivity contribution in [3.05, 3.63) is 29.8 Å². The summed E-state index contributed by atoms with van der Waals surface area (Å²) >= 11 is 0. The van der Waals surface area contributed by atoms with Gasteiger partial charge < -0.3 is 14.9 Å². The number of rotatable bonds is 3. The van der Waals surface area contributed by atoms with E-state index in [1.54, 1.807) is 0 Å². The largest absolute Gasteiger partial charge is 0.480 e. The van der Waals surface area contributed by atoms with E-state index in [2.05, 4.69) is 0 Å². The number of aryl methyl sites for hydroxylation is 1. The summed E-state index contributed by atoms with van der Waals surface area (Å²) in [6.07, 6.45) is 3.16. The predicted octanol–water partition coefficient (Wildman–Crippen LogP) is 1.43. The van der Waals surface area contributed by atoms with Crippen LogP contribution in [0.25, 0.3) is 0 Å². The van der Waals surface area contributed by atoms with Gasteiger partial charge in [-0.3, -0.25) is 9.59 Å². The molecule has 1 saturated heterocycles. The molecule has 2 heterocycles. The third kappa shape index (κ3) is 3.06. The molecule has 23 heavy (non-hydrogen) atoms. The number of para-hydroxylation sites is 1. The van der Waals surface area contributed by atoms with Gasteiger partial charge in [0, 0.05) is 18.7 Å². The van der Waals surface area contributed by atoms with Crippen LogP contribution < -0.4 is 4.90 Å². The molecule has 0 saturated carbocycles. The summed E-state index contributed by atoms with van der Waals surface area (Å²) in [5.41, 5.74) is 1.81. The highest BCUT2D eigenvalue weighted by Crippen LogP contribution is 2.28. The highest BCUT2D eigenvalue weighted by molar-refractivity contribution is 6.01. The van der Waals surface area contributed by atoms with Crippen molar-refractivity contribution in [2.45, 2.75) is 38.1 Å². The summed E-state index contributed by atoms with van der Waals surface area (Å²) in [7, 11) is 0. The van der Waals surface area contributed by atoms with Gasteiger partial charge in [0.05, 0.1) is 0 Å². The van der Waals surface area contributed by atoms with Crippen molar-refractivity contribution in [1.82, 2.24) is 4.90 Å². The summed E-state index contributed by atoms with van der Waals surface area (Å²) < 4.78 is 0. The second-order valence-electron chi connectivity index (χ2n) is 6.05. The Morgan fingerprint density at radius 3 is 2.74 bits per heavy atom. The number of carbonyl (C=O) groups excluding carboxylic acids is 2. The van der Waals surface area contributed by atoms with E-state index in [1.807, 2.05) is 24.3 Å². The molecule has 6 nitrogen and oxygen atoms in total. The molecule has 3 rings (SSSR count). The predicted molar refractivity (Wildman–Crippen MR) is 84.1 cm³/mol. The number of hydrogen-bond acceptors (Lipinski definition) is 3. The SMILES string of the molecule is O=C(O)C1CCCCN1C(=O)CN1C(=O)CCc2ccccc21. The molecule has 0 aromatic heterocycles. The number of carboxylic acid groups (broad SMARTS) is 1. The van der Waals surface area contributed by atoms with E-state index >= 15 is 0 Å². The van der Waals surface area contributed by atoms with Crippen molar-refractivity contribution < 1.29 is 19.5 Å². The monoisotopic (exact) mass is 316 g/mol. The molecule has 122 valence electrons. The fourth-order valence-corrected chi connectivity index (χ4v) is 3.38. The van der Waals surface area contributed by atoms with Crippen LogP contribution >= 0.6 is 0 Å². The molecule has 0 aliphatic carbocycles. The first-order valence-electron chi connectivity index (χ1n) is 7.98. The van der Waals surface area contributed by atoms with Gasteiger partial charge in [0.15, 0.2) is 0 Å². The second-order valence-corrected chi connectivity index (χ2v) is 6.05. The van der Waals surface area contributed by atoms with Gasteiger partial charge in [-0.1, -0.05) is 18.2 Å². The highest BCUT2D eigenvalue weighted by Gasteiger charge is 2.34. The van der Waals surface area contributed by atoms with Crippen LogP contribution in [0.15, 0.2) is 24.3 Å². The van der Waals surface area contributed by atoms with Gasteiger partial charge in [-0.2, -0.15) is 0 Å². The average molecular weight is 316 g/mol. The molecular weight excluding hydrogens is 296 g/mol. The number of benzene rings is 1. The van der Waals surface area contributed by atoms with E-state index < -0.39 is 12.0 Å². The summed E-state index contributed by atoms with van der Waals surface area (Å²) in [6, 6.07) is 6.78.